The highest BCUT2D eigenvalue weighted by Crippen LogP contribution is 2.29. The van der Waals surface area contributed by atoms with E-state index in [0.29, 0.717) is 17.2 Å². The predicted molar refractivity (Wildman–Crippen MR) is 127 cm³/mol. The van der Waals surface area contributed by atoms with Gasteiger partial charge in [-0.3, -0.25) is 9.59 Å². The summed E-state index contributed by atoms with van der Waals surface area (Å²) in [6.45, 7) is 5.09. The van der Waals surface area contributed by atoms with E-state index in [0.717, 1.165) is 16.7 Å². The molecule has 2 amide bonds. The molecule has 2 aromatic rings. The Balaban J connectivity index is 1.64. The van der Waals surface area contributed by atoms with E-state index in [2.05, 4.69) is 10.4 Å². The van der Waals surface area contributed by atoms with Gasteiger partial charge in [-0.1, -0.05) is 12.1 Å². The van der Waals surface area contributed by atoms with Crippen LogP contribution < -0.4 is 19.8 Å². The standard InChI is InChI=1S/C25H29N3O6/c1-15-6-7-16(2)21(12-15)28-24(30)11-9-20(27-28)25(31)34-14-23(29)26-17(3)19-13-18(32-4)8-10-22(19)33-5/h6-8,10,12-13,17H,9,11,14H2,1-5H3,(H,26,29). The monoisotopic (exact) mass is 467 g/mol. The van der Waals surface area contributed by atoms with Crippen molar-refractivity contribution in [2.75, 3.05) is 25.8 Å². The molecule has 9 nitrogen and oxygen atoms in total. The maximum absolute atomic E-state index is 12.6. The zero-order valence-corrected chi connectivity index (χ0v) is 20.0. The molecule has 0 spiro atoms. The highest BCUT2D eigenvalue weighted by molar-refractivity contribution is 6.38. The summed E-state index contributed by atoms with van der Waals surface area (Å²) < 4.78 is 15.8. The zero-order chi connectivity index (χ0) is 24.8. The fraction of sp³-hybridized carbons (Fsp3) is 0.360. The summed E-state index contributed by atoms with van der Waals surface area (Å²) in [5.41, 5.74) is 3.26. The Hall–Kier alpha value is -3.88. The number of anilines is 1. The van der Waals surface area contributed by atoms with Crippen LogP contribution in [0.2, 0.25) is 0 Å². The fourth-order valence-corrected chi connectivity index (χ4v) is 3.59. The number of benzene rings is 2. The normalized spacial score (nSPS) is 14.2. The topological polar surface area (TPSA) is 107 Å². The van der Waals surface area contributed by atoms with E-state index in [1.165, 1.54) is 5.01 Å². The molecular formula is C25H29N3O6. The van der Waals surface area contributed by atoms with Gasteiger partial charge >= 0.3 is 5.97 Å². The summed E-state index contributed by atoms with van der Waals surface area (Å²) in [4.78, 5) is 37.4. The third-order valence-electron chi connectivity index (χ3n) is 5.48. The van der Waals surface area contributed by atoms with Gasteiger partial charge in [0.1, 0.15) is 17.2 Å². The molecule has 34 heavy (non-hydrogen) atoms. The average Bonchev–Trinajstić information content (AvgIpc) is 2.83. The van der Waals surface area contributed by atoms with Crippen molar-refractivity contribution in [2.45, 2.75) is 39.7 Å². The van der Waals surface area contributed by atoms with Crippen molar-refractivity contribution in [3.8, 4) is 11.5 Å². The summed E-state index contributed by atoms with van der Waals surface area (Å²) in [7, 11) is 3.09. The molecule has 1 aliphatic heterocycles. The van der Waals surface area contributed by atoms with Crippen molar-refractivity contribution in [1.29, 1.82) is 0 Å². The number of hydrazone groups is 1. The number of hydrogen-bond acceptors (Lipinski definition) is 7. The summed E-state index contributed by atoms with van der Waals surface area (Å²) >= 11 is 0. The lowest BCUT2D eigenvalue weighted by molar-refractivity contribution is -0.142. The van der Waals surface area contributed by atoms with Crippen LogP contribution in [0.25, 0.3) is 0 Å². The number of hydrogen-bond donors (Lipinski definition) is 1. The highest BCUT2D eigenvalue weighted by atomic mass is 16.5. The molecule has 0 aliphatic carbocycles. The van der Waals surface area contributed by atoms with Gasteiger partial charge in [0.2, 0.25) is 5.91 Å². The second-order valence-electron chi connectivity index (χ2n) is 8.02. The van der Waals surface area contributed by atoms with Gasteiger partial charge in [-0.05, 0) is 56.2 Å². The first-order valence-corrected chi connectivity index (χ1v) is 10.9. The van der Waals surface area contributed by atoms with Crippen LogP contribution >= 0.6 is 0 Å². The predicted octanol–water partition coefficient (Wildman–Crippen LogP) is 3.22. The Bertz CT molecular complexity index is 1130. The number of nitrogens with one attached hydrogen (secondary N) is 1. The molecule has 0 radical (unpaired) electrons. The van der Waals surface area contributed by atoms with Gasteiger partial charge in [-0.2, -0.15) is 10.1 Å². The zero-order valence-electron chi connectivity index (χ0n) is 20.0. The van der Waals surface area contributed by atoms with E-state index in [4.69, 9.17) is 14.2 Å². The molecule has 0 saturated heterocycles. The molecule has 1 atom stereocenters. The number of carbonyl (C=O) groups is 3. The van der Waals surface area contributed by atoms with Crippen molar-refractivity contribution in [2.24, 2.45) is 5.10 Å². The quantitative estimate of drug-likeness (QED) is 0.598. The van der Waals surface area contributed by atoms with Crippen molar-refractivity contribution >= 4 is 29.2 Å². The SMILES string of the molecule is COc1ccc(OC)c(C(C)NC(=O)COC(=O)C2=NN(c3cc(C)ccc3C)C(=O)CC2)c1. The van der Waals surface area contributed by atoms with E-state index in [1.54, 1.807) is 39.3 Å². The molecule has 0 saturated carbocycles. The summed E-state index contributed by atoms with van der Waals surface area (Å²) in [5.74, 6) is -0.196. The molecule has 1 aliphatic rings. The van der Waals surface area contributed by atoms with Gasteiger partial charge < -0.3 is 19.5 Å². The number of nitrogens with zero attached hydrogens (tertiary/aromatic N) is 2. The van der Waals surface area contributed by atoms with Crippen LogP contribution in [-0.2, 0) is 19.1 Å². The van der Waals surface area contributed by atoms with Gasteiger partial charge in [0.25, 0.3) is 5.91 Å². The molecule has 1 unspecified atom stereocenters. The van der Waals surface area contributed by atoms with Crippen LogP contribution in [0.1, 0.15) is 42.5 Å². The lowest BCUT2D eigenvalue weighted by Gasteiger charge is -2.24. The summed E-state index contributed by atoms with van der Waals surface area (Å²) in [6, 6.07) is 10.5. The fourth-order valence-electron chi connectivity index (χ4n) is 3.59. The second kappa shape index (κ2) is 10.8. The largest absolute Gasteiger partial charge is 0.497 e. The van der Waals surface area contributed by atoms with Crippen molar-refractivity contribution in [1.82, 2.24) is 5.32 Å². The van der Waals surface area contributed by atoms with Gasteiger partial charge in [0, 0.05) is 18.4 Å². The second-order valence-corrected chi connectivity index (χ2v) is 8.02. The molecular weight excluding hydrogens is 438 g/mol. The number of aryl methyl sites for hydroxylation is 2. The number of carbonyl (C=O) groups excluding carboxylic acids is 3. The third kappa shape index (κ3) is 5.72. The van der Waals surface area contributed by atoms with Crippen molar-refractivity contribution in [3.63, 3.8) is 0 Å². The van der Waals surface area contributed by atoms with Crippen LogP contribution in [-0.4, -0.2) is 44.3 Å². The van der Waals surface area contributed by atoms with Crippen LogP contribution in [0.5, 0.6) is 11.5 Å². The Morgan fingerprint density at radius 1 is 1.09 bits per heavy atom. The van der Waals surface area contributed by atoms with E-state index < -0.39 is 24.5 Å². The lowest BCUT2D eigenvalue weighted by Crippen LogP contribution is -2.37. The molecule has 2 aromatic carbocycles. The Morgan fingerprint density at radius 3 is 2.56 bits per heavy atom. The minimum absolute atomic E-state index is 0.0934. The first-order chi connectivity index (χ1) is 16.2. The maximum Gasteiger partial charge on any atom is 0.355 e. The van der Waals surface area contributed by atoms with E-state index in [9.17, 15) is 14.4 Å². The molecule has 0 fully saturated rings. The molecule has 180 valence electrons. The van der Waals surface area contributed by atoms with Gasteiger partial charge in [0.05, 0.1) is 25.9 Å². The van der Waals surface area contributed by atoms with Crippen LogP contribution in [0, 0.1) is 13.8 Å². The highest BCUT2D eigenvalue weighted by Gasteiger charge is 2.28. The first-order valence-electron chi connectivity index (χ1n) is 10.9. The number of esters is 1. The molecule has 0 aromatic heterocycles. The molecule has 0 bridgehead atoms. The number of methoxy groups -OCH3 is 2. The van der Waals surface area contributed by atoms with Crippen molar-refractivity contribution < 1.29 is 28.6 Å². The minimum atomic E-state index is -0.732. The first kappa shape index (κ1) is 24.8. The Labute approximate surface area is 198 Å². The smallest absolute Gasteiger partial charge is 0.355 e. The average molecular weight is 468 g/mol. The van der Waals surface area contributed by atoms with Crippen LogP contribution in [0.15, 0.2) is 41.5 Å². The minimum Gasteiger partial charge on any atom is -0.497 e. The Kier molecular flexibility index (Phi) is 7.88. The van der Waals surface area contributed by atoms with Gasteiger partial charge in [0.15, 0.2) is 6.61 Å². The van der Waals surface area contributed by atoms with Gasteiger partial charge in [-0.15, -0.1) is 0 Å². The van der Waals surface area contributed by atoms with E-state index in [-0.39, 0.29) is 24.5 Å². The maximum atomic E-state index is 12.6. The van der Waals surface area contributed by atoms with Crippen molar-refractivity contribution in [3.05, 3.63) is 53.1 Å². The van der Waals surface area contributed by atoms with E-state index in [1.807, 2.05) is 32.0 Å². The lowest BCUT2D eigenvalue weighted by atomic mass is 10.1. The molecule has 1 N–H and O–H groups in total. The Morgan fingerprint density at radius 2 is 1.85 bits per heavy atom. The number of rotatable bonds is 8. The van der Waals surface area contributed by atoms with Gasteiger partial charge in [-0.25, -0.2) is 4.79 Å². The number of ether oxygens (including phenoxy) is 3. The molecule has 9 heteroatoms. The third-order valence-corrected chi connectivity index (χ3v) is 5.48. The van der Waals surface area contributed by atoms with E-state index >= 15 is 0 Å². The van der Waals surface area contributed by atoms with Crippen LogP contribution in [0.4, 0.5) is 5.69 Å². The summed E-state index contributed by atoms with van der Waals surface area (Å²) in [5, 5.41) is 8.24. The van der Waals surface area contributed by atoms with Crippen LogP contribution in [0.3, 0.4) is 0 Å². The number of amides is 2. The summed E-state index contributed by atoms with van der Waals surface area (Å²) in [6.07, 6.45) is 0.276. The molecule has 3 rings (SSSR count). The molecule has 1 heterocycles.